The van der Waals surface area contributed by atoms with Crippen LogP contribution in [0.3, 0.4) is 0 Å². The molecule has 10 aromatic rings. The van der Waals surface area contributed by atoms with Crippen molar-refractivity contribution in [3.05, 3.63) is 182 Å². The van der Waals surface area contributed by atoms with Crippen LogP contribution in [0.4, 0.5) is 0 Å². The molecule has 10 rings (SSSR count). The highest BCUT2D eigenvalue weighted by Crippen LogP contribution is 2.45. The van der Waals surface area contributed by atoms with Gasteiger partial charge in [0.1, 0.15) is 0 Å². The number of rotatable bonds is 7. The lowest BCUT2D eigenvalue weighted by Crippen LogP contribution is -1.93. The lowest BCUT2D eigenvalue weighted by atomic mass is 9.85. The van der Waals surface area contributed by atoms with E-state index in [4.69, 9.17) is 8.83 Å². The van der Waals surface area contributed by atoms with Gasteiger partial charge in [-0.15, -0.1) is 20.4 Å². The SMILES string of the molecule is c1ccc(-c2nnc(-c3ccc(-c4ccc(-c5nnc(-c6ccccc6)o5)cc4-c4cccc5ccccc45)c(-c4cccc5ccccc45)c3)o2)cc1. The Morgan fingerprint density at radius 3 is 1.07 bits per heavy atom. The van der Waals surface area contributed by atoms with Crippen molar-refractivity contribution in [3.8, 4) is 79.2 Å². The van der Waals surface area contributed by atoms with Crippen LogP contribution < -0.4 is 0 Å². The van der Waals surface area contributed by atoms with Crippen LogP contribution in [-0.2, 0) is 0 Å². The molecular weight excluding hydrogens is 665 g/mol. The maximum Gasteiger partial charge on any atom is 0.248 e. The number of hydrogen-bond donors (Lipinski definition) is 0. The summed E-state index contributed by atoms with van der Waals surface area (Å²) < 4.78 is 12.5. The first-order chi connectivity index (χ1) is 26.8. The average molecular weight is 695 g/mol. The molecule has 8 aromatic carbocycles. The van der Waals surface area contributed by atoms with E-state index in [0.717, 1.165) is 77.2 Å². The van der Waals surface area contributed by atoms with Gasteiger partial charge in [0, 0.05) is 22.3 Å². The molecular formula is C48H30N4O2. The minimum atomic E-state index is 0.456. The average Bonchev–Trinajstić information content (AvgIpc) is 3.96. The fourth-order valence-corrected chi connectivity index (χ4v) is 7.27. The van der Waals surface area contributed by atoms with Gasteiger partial charge < -0.3 is 8.83 Å². The number of fused-ring (bicyclic) bond motifs is 2. The lowest BCUT2D eigenvalue weighted by molar-refractivity contribution is 0.584. The van der Waals surface area contributed by atoms with E-state index in [1.807, 2.05) is 60.7 Å². The number of hydrogen-bond acceptors (Lipinski definition) is 6. The molecule has 0 aliphatic heterocycles. The van der Waals surface area contributed by atoms with Crippen LogP contribution in [0.25, 0.3) is 101 Å². The highest BCUT2D eigenvalue weighted by atomic mass is 16.4. The van der Waals surface area contributed by atoms with Crippen molar-refractivity contribution in [1.29, 1.82) is 0 Å². The van der Waals surface area contributed by atoms with Crippen molar-refractivity contribution in [2.45, 2.75) is 0 Å². The molecule has 0 N–H and O–H groups in total. The van der Waals surface area contributed by atoms with Crippen LogP contribution in [0.1, 0.15) is 0 Å². The van der Waals surface area contributed by atoms with Crippen LogP contribution in [0, 0.1) is 0 Å². The van der Waals surface area contributed by atoms with Gasteiger partial charge in [0.25, 0.3) is 0 Å². The lowest BCUT2D eigenvalue weighted by Gasteiger charge is -2.18. The first-order valence-corrected chi connectivity index (χ1v) is 17.8. The van der Waals surface area contributed by atoms with Gasteiger partial charge in [-0.2, -0.15) is 0 Å². The van der Waals surface area contributed by atoms with Gasteiger partial charge in [-0.1, -0.05) is 133 Å². The van der Waals surface area contributed by atoms with Crippen molar-refractivity contribution in [2.75, 3.05) is 0 Å². The first-order valence-electron chi connectivity index (χ1n) is 17.8. The van der Waals surface area contributed by atoms with Gasteiger partial charge in [-0.05, 0) is 103 Å². The third kappa shape index (κ3) is 5.63. The predicted octanol–water partition coefficient (Wildman–Crippen LogP) is 12.4. The summed E-state index contributed by atoms with van der Waals surface area (Å²) in [5.74, 6) is 1.87. The standard InChI is InChI=1S/C48H30N4O2/c1-3-15-33(16-4-1)45-49-51-47(53-45)35-25-27-41(43(29-35)39-23-11-19-31-13-7-9-21-37(31)39)42-28-26-36(48-52-50-46(54-48)34-17-5-2-6-18-34)30-44(42)40-24-12-20-32-14-8-10-22-38(32)40/h1-30H. The second-order valence-corrected chi connectivity index (χ2v) is 13.1. The van der Waals surface area contributed by atoms with Gasteiger partial charge in [-0.25, -0.2) is 0 Å². The third-order valence-corrected chi connectivity index (χ3v) is 9.87. The summed E-state index contributed by atoms with van der Waals surface area (Å²) in [5.41, 5.74) is 9.82. The molecule has 0 amide bonds. The summed E-state index contributed by atoms with van der Waals surface area (Å²) in [6, 6.07) is 62.4. The molecule has 0 saturated heterocycles. The molecule has 54 heavy (non-hydrogen) atoms. The van der Waals surface area contributed by atoms with Crippen LogP contribution in [0.2, 0.25) is 0 Å². The Hall–Kier alpha value is -7.44. The molecule has 254 valence electrons. The number of benzene rings is 8. The highest BCUT2D eigenvalue weighted by molar-refractivity contribution is 6.06. The maximum atomic E-state index is 6.27. The van der Waals surface area contributed by atoms with Crippen molar-refractivity contribution in [2.24, 2.45) is 0 Å². The number of aromatic nitrogens is 4. The smallest absolute Gasteiger partial charge is 0.248 e. The molecule has 0 spiro atoms. The van der Waals surface area contributed by atoms with E-state index in [1.165, 1.54) is 0 Å². The van der Waals surface area contributed by atoms with E-state index in [2.05, 4.69) is 142 Å². The zero-order valence-corrected chi connectivity index (χ0v) is 28.9. The van der Waals surface area contributed by atoms with Crippen LogP contribution in [-0.4, -0.2) is 20.4 Å². The summed E-state index contributed by atoms with van der Waals surface area (Å²) in [6.07, 6.45) is 0. The van der Waals surface area contributed by atoms with Gasteiger partial charge in [-0.3, -0.25) is 0 Å². The molecule has 0 aliphatic rings. The van der Waals surface area contributed by atoms with Crippen molar-refractivity contribution in [1.82, 2.24) is 20.4 Å². The van der Waals surface area contributed by atoms with Crippen molar-refractivity contribution in [3.63, 3.8) is 0 Å². The molecule has 2 aromatic heterocycles. The Balaban J connectivity index is 1.20. The summed E-state index contributed by atoms with van der Waals surface area (Å²) >= 11 is 0. The molecule has 0 aliphatic carbocycles. The zero-order chi connectivity index (χ0) is 35.8. The minimum Gasteiger partial charge on any atom is -0.416 e. The molecule has 0 unspecified atom stereocenters. The van der Waals surface area contributed by atoms with Gasteiger partial charge >= 0.3 is 0 Å². The van der Waals surface area contributed by atoms with Crippen molar-refractivity contribution < 1.29 is 8.83 Å². The van der Waals surface area contributed by atoms with E-state index in [9.17, 15) is 0 Å². The monoisotopic (exact) mass is 694 g/mol. The summed E-state index contributed by atoms with van der Waals surface area (Å²) in [4.78, 5) is 0. The van der Waals surface area contributed by atoms with E-state index in [0.29, 0.717) is 23.6 Å². The quantitative estimate of drug-likeness (QED) is 0.165. The molecule has 2 heterocycles. The largest absolute Gasteiger partial charge is 0.416 e. The molecule has 6 nitrogen and oxygen atoms in total. The molecule has 0 radical (unpaired) electrons. The second kappa shape index (κ2) is 13.3. The van der Waals surface area contributed by atoms with Gasteiger partial charge in [0.2, 0.25) is 23.6 Å². The fourth-order valence-electron chi connectivity index (χ4n) is 7.27. The molecule has 6 heteroatoms. The Labute approximate surface area is 311 Å². The van der Waals surface area contributed by atoms with E-state index < -0.39 is 0 Å². The van der Waals surface area contributed by atoms with E-state index in [-0.39, 0.29) is 0 Å². The molecule has 0 fully saturated rings. The minimum absolute atomic E-state index is 0.456. The van der Waals surface area contributed by atoms with E-state index in [1.54, 1.807) is 0 Å². The second-order valence-electron chi connectivity index (χ2n) is 13.1. The summed E-state index contributed by atoms with van der Waals surface area (Å²) in [5, 5.41) is 22.4. The van der Waals surface area contributed by atoms with Gasteiger partial charge in [0.05, 0.1) is 0 Å². The molecule has 0 atom stereocenters. The molecule has 0 saturated carbocycles. The first kappa shape index (κ1) is 31.3. The Kier molecular flexibility index (Phi) is 7.69. The normalized spacial score (nSPS) is 11.3. The van der Waals surface area contributed by atoms with E-state index >= 15 is 0 Å². The van der Waals surface area contributed by atoms with Crippen molar-refractivity contribution >= 4 is 21.5 Å². The van der Waals surface area contributed by atoms with Crippen LogP contribution >= 0.6 is 0 Å². The third-order valence-electron chi connectivity index (χ3n) is 9.87. The predicted molar refractivity (Wildman–Crippen MR) is 215 cm³/mol. The highest BCUT2D eigenvalue weighted by Gasteiger charge is 2.21. The summed E-state index contributed by atoms with van der Waals surface area (Å²) in [7, 11) is 0. The Bertz CT molecular complexity index is 2740. The summed E-state index contributed by atoms with van der Waals surface area (Å²) in [6.45, 7) is 0. The molecule has 0 bridgehead atoms. The Morgan fingerprint density at radius 1 is 0.259 bits per heavy atom. The Morgan fingerprint density at radius 2 is 0.630 bits per heavy atom. The number of nitrogens with zero attached hydrogens (tertiary/aromatic N) is 4. The van der Waals surface area contributed by atoms with Crippen LogP contribution in [0.15, 0.2) is 191 Å². The fraction of sp³-hybridized carbons (Fsp3) is 0. The van der Waals surface area contributed by atoms with Gasteiger partial charge in [0.15, 0.2) is 0 Å². The topological polar surface area (TPSA) is 77.8 Å². The maximum absolute atomic E-state index is 6.27. The van der Waals surface area contributed by atoms with Crippen LogP contribution in [0.5, 0.6) is 0 Å². The zero-order valence-electron chi connectivity index (χ0n) is 28.9.